The van der Waals surface area contributed by atoms with E-state index in [1.807, 2.05) is 48.5 Å². The van der Waals surface area contributed by atoms with Crippen molar-refractivity contribution in [3.63, 3.8) is 0 Å². The molecule has 0 aliphatic carbocycles. The Hall–Kier alpha value is -3.73. The molecule has 4 rings (SSSR count). The lowest BCUT2D eigenvalue weighted by Crippen LogP contribution is -2.30. The van der Waals surface area contributed by atoms with Gasteiger partial charge < -0.3 is 34.2 Å². The van der Waals surface area contributed by atoms with Crippen molar-refractivity contribution in [2.45, 2.75) is 25.7 Å². The van der Waals surface area contributed by atoms with Crippen molar-refractivity contribution in [2.24, 2.45) is 0 Å². The molecule has 4 aromatic carbocycles. The second-order valence-electron chi connectivity index (χ2n) is 9.64. The van der Waals surface area contributed by atoms with Crippen LogP contribution in [-0.4, -0.2) is 54.9 Å². The quantitative estimate of drug-likeness (QED) is 0.133. The summed E-state index contributed by atoms with van der Waals surface area (Å²) in [7, 11) is 6.43. The van der Waals surface area contributed by atoms with Gasteiger partial charge in [-0.3, -0.25) is 0 Å². The molecular weight excluding hydrogens is 552 g/mol. The van der Waals surface area contributed by atoms with Gasteiger partial charge in [-0.15, -0.1) is 0 Å². The lowest BCUT2D eigenvalue weighted by atomic mass is 9.87. The highest BCUT2D eigenvalue weighted by Crippen LogP contribution is 2.12. The number of benzene rings is 4. The smallest absolute Gasteiger partial charge is 0.330 e. The monoisotopic (exact) mass is 586 g/mol. The number of methoxy groups -OCH3 is 2. The van der Waals surface area contributed by atoms with E-state index in [9.17, 15) is 8.78 Å². The minimum atomic E-state index is -0.427. The molecule has 0 aliphatic rings. The van der Waals surface area contributed by atoms with Crippen LogP contribution in [0.1, 0.15) is 11.1 Å². The van der Waals surface area contributed by atoms with E-state index in [2.05, 4.69) is 10.6 Å². The average Bonchev–Trinajstić information content (AvgIpc) is 3.01. The molecule has 11 heteroatoms. The van der Waals surface area contributed by atoms with Crippen LogP contribution in [0.3, 0.4) is 0 Å². The third kappa shape index (κ3) is 11.5. The number of hydrogen-bond acceptors (Lipinski definition) is 7. The second-order valence-corrected chi connectivity index (χ2v) is 9.64. The van der Waals surface area contributed by atoms with Crippen molar-refractivity contribution in [1.82, 2.24) is 0 Å². The molecule has 0 saturated heterocycles. The Bertz CT molecular complexity index is 1280. The van der Waals surface area contributed by atoms with Crippen LogP contribution in [0, 0.1) is 11.6 Å². The molecule has 0 amide bonds. The third-order valence-electron chi connectivity index (χ3n) is 6.30. The molecule has 7 nitrogen and oxygen atoms in total. The topological polar surface area (TPSA) is 70.2 Å². The number of anilines is 2. The predicted octanol–water partition coefficient (Wildman–Crippen LogP) is 4.37. The molecule has 0 spiro atoms. The van der Waals surface area contributed by atoms with Crippen LogP contribution < -0.4 is 21.6 Å². The fourth-order valence-electron chi connectivity index (χ4n) is 4.00. The first-order valence-corrected chi connectivity index (χ1v) is 13.8. The molecule has 2 radical (unpaired) electrons. The number of hydrogen-bond donors (Lipinski definition) is 2. The minimum absolute atomic E-state index is 0.252. The Balaban J connectivity index is 1.11. The van der Waals surface area contributed by atoms with Crippen molar-refractivity contribution < 1.29 is 32.3 Å². The van der Waals surface area contributed by atoms with E-state index < -0.39 is 12.5 Å². The maximum absolute atomic E-state index is 13.4. The number of rotatable bonds is 18. The van der Waals surface area contributed by atoms with Crippen LogP contribution >= 0.6 is 0 Å². The van der Waals surface area contributed by atoms with Gasteiger partial charge in [0.15, 0.2) is 0 Å². The maximum atomic E-state index is 13.4. The molecule has 0 saturated carbocycles. The highest BCUT2D eigenvalue weighted by atomic mass is 19.1. The summed E-state index contributed by atoms with van der Waals surface area (Å²) in [6.07, 6.45) is -0.854. The fourth-order valence-corrected chi connectivity index (χ4v) is 4.00. The molecule has 0 aliphatic heterocycles. The maximum Gasteiger partial charge on any atom is 0.330 e. The van der Waals surface area contributed by atoms with E-state index in [-0.39, 0.29) is 24.8 Å². The summed E-state index contributed by atoms with van der Waals surface area (Å²) in [6.45, 7) is 1.44. The molecule has 2 unspecified atom stereocenters. The SMILES string of the molecule is COC(CO[B]c1ccc(COCc2ccc([B]OCC(Nc3cccc(F)c3)OC)cc2)cc1)Nc1cccc(F)c1. The van der Waals surface area contributed by atoms with Gasteiger partial charge in [-0.1, -0.05) is 71.6 Å². The first-order chi connectivity index (χ1) is 21.0. The predicted molar refractivity (Wildman–Crippen MR) is 166 cm³/mol. The normalized spacial score (nSPS) is 12.4. The molecule has 0 heterocycles. The highest BCUT2D eigenvalue weighted by molar-refractivity contribution is 6.47. The van der Waals surface area contributed by atoms with Crippen LogP contribution in [-0.2, 0) is 36.7 Å². The summed E-state index contributed by atoms with van der Waals surface area (Å²) in [5.74, 6) is -0.638. The van der Waals surface area contributed by atoms with E-state index in [1.54, 1.807) is 53.4 Å². The van der Waals surface area contributed by atoms with Gasteiger partial charge in [-0.25, -0.2) is 8.78 Å². The van der Waals surface area contributed by atoms with Crippen molar-refractivity contribution in [2.75, 3.05) is 38.1 Å². The van der Waals surface area contributed by atoms with Gasteiger partial charge in [-0.2, -0.15) is 0 Å². The minimum Gasteiger partial charge on any atom is -0.430 e. The van der Waals surface area contributed by atoms with E-state index in [0.717, 1.165) is 22.1 Å². The van der Waals surface area contributed by atoms with Crippen molar-refractivity contribution in [3.05, 3.63) is 120 Å². The first kappa shape index (κ1) is 32.2. The van der Waals surface area contributed by atoms with Gasteiger partial charge in [0, 0.05) is 25.6 Å². The van der Waals surface area contributed by atoms with Crippen molar-refractivity contribution in [1.29, 1.82) is 0 Å². The molecule has 0 aromatic heterocycles. The summed E-state index contributed by atoms with van der Waals surface area (Å²) in [6, 6.07) is 28.1. The fraction of sp³-hybridized carbons (Fsp3) is 0.250. The standard InChI is InChI=1S/C32H34B2F2N2O5/c1-39-31(37-29-7-3-5-27(35)17-29)21-42-33-25-13-9-23(10-14-25)19-41-20-24-11-15-26(16-12-24)34-43-22-32(40-2)38-30-8-4-6-28(36)18-30/h3-18,31-32,37-38H,19-22H2,1-2H3. The molecule has 43 heavy (non-hydrogen) atoms. The summed E-state index contributed by atoms with van der Waals surface area (Å²) in [5.41, 5.74) is 5.12. The largest absolute Gasteiger partial charge is 0.430 e. The van der Waals surface area contributed by atoms with E-state index >= 15 is 0 Å². The molecular formula is C32H34B2F2N2O5. The average molecular weight is 586 g/mol. The molecule has 0 fully saturated rings. The summed E-state index contributed by atoms with van der Waals surface area (Å²) in [5, 5.41) is 6.16. The molecule has 4 aromatic rings. The Morgan fingerprint density at radius 2 is 1.02 bits per heavy atom. The highest BCUT2D eigenvalue weighted by Gasteiger charge is 2.10. The van der Waals surface area contributed by atoms with Crippen LogP contribution in [0.4, 0.5) is 20.2 Å². The van der Waals surface area contributed by atoms with Gasteiger partial charge in [0.1, 0.15) is 24.1 Å². The van der Waals surface area contributed by atoms with Gasteiger partial charge in [-0.05, 0) is 47.5 Å². The van der Waals surface area contributed by atoms with Crippen LogP contribution in [0.5, 0.6) is 0 Å². The Kier molecular flexibility index (Phi) is 13.0. The number of ether oxygens (including phenoxy) is 3. The molecule has 222 valence electrons. The first-order valence-electron chi connectivity index (χ1n) is 13.8. The van der Waals surface area contributed by atoms with E-state index in [4.69, 9.17) is 23.5 Å². The van der Waals surface area contributed by atoms with Gasteiger partial charge in [0.2, 0.25) is 0 Å². The Labute approximate surface area is 253 Å². The Morgan fingerprint density at radius 3 is 1.40 bits per heavy atom. The van der Waals surface area contributed by atoms with Gasteiger partial charge >= 0.3 is 15.0 Å². The lowest BCUT2D eigenvalue weighted by molar-refractivity contribution is 0.0804. The zero-order chi connectivity index (χ0) is 30.3. The third-order valence-corrected chi connectivity index (χ3v) is 6.30. The summed E-state index contributed by atoms with van der Waals surface area (Å²) in [4.78, 5) is 0. The van der Waals surface area contributed by atoms with Crippen LogP contribution in [0.2, 0.25) is 0 Å². The van der Waals surface area contributed by atoms with Gasteiger partial charge in [0.05, 0.1) is 26.4 Å². The molecule has 2 N–H and O–H groups in total. The van der Waals surface area contributed by atoms with E-state index in [0.29, 0.717) is 24.6 Å². The summed E-state index contributed by atoms with van der Waals surface area (Å²) >= 11 is 0. The second kappa shape index (κ2) is 17.4. The van der Waals surface area contributed by atoms with Crippen molar-refractivity contribution >= 4 is 37.3 Å². The van der Waals surface area contributed by atoms with E-state index in [1.165, 1.54) is 24.3 Å². The zero-order valence-electron chi connectivity index (χ0n) is 24.2. The van der Waals surface area contributed by atoms with Crippen molar-refractivity contribution in [3.8, 4) is 0 Å². The zero-order valence-corrected chi connectivity index (χ0v) is 24.2. The summed E-state index contributed by atoms with van der Waals surface area (Å²) < 4.78 is 54.7. The lowest BCUT2D eigenvalue weighted by Gasteiger charge is -2.18. The Morgan fingerprint density at radius 1 is 0.605 bits per heavy atom. The van der Waals surface area contributed by atoms with Gasteiger partial charge in [0.25, 0.3) is 0 Å². The molecule has 2 atom stereocenters. The van der Waals surface area contributed by atoms with Crippen LogP contribution in [0.15, 0.2) is 97.1 Å². The molecule has 0 bridgehead atoms. The number of nitrogens with one attached hydrogen (secondary N) is 2. The number of halogens is 2. The van der Waals surface area contributed by atoms with Crippen LogP contribution in [0.25, 0.3) is 0 Å².